The minimum absolute atomic E-state index is 0.0304. The van der Waals surface area contributed by atoms with Gasteiger partial charge in [-0.3, -0.25) is 4.79 Å². The molecule has 1 aliphatic heterocycles. The minimum Gasteiger partial charge on any atom is -0.507 e. The molecule has 1 unspecified atom stereocenters. The van der Waals surface area contributed by atoms with Crippen LogP contribution < -0.4 is 0 Å². The Balaban J connectivity index is 1.90. The van der Waals surface area contributed by atoms with Crippen LogP contribution >= 0.6 is 27.3 Å². The Bertz CT molecular complexity index is 668. The molecule has 1 N–H and O–H groups in total. The van der Waals surface area contributed by atoms with Crippen molar-refractivity contribution in [3.63, 3.8) is 0 Å². The van der Waals surface area contributed by atoms with Gasteiger partial charge in [0.25, 0.3) is 5.91 Å². The Hall–Kier alpha value is -1.33. The fraction of sp³-hybridized carbons (Fsp3) is 0.267. The Kier molecular flexibility index (Phi) is 3.56. The molecule has 0 aliphatic carbocycles. The number of thiophene rings is 1. The van der Waals surface area contributed by atoms with Crippen molar-refractivity contribution in [3.8, 4) is 5.75 Å². The SMILES string of the molecule is CC1c2ccsc2CCN1C(=O)c1ccc(Br)c(O)c1. The summed E-state index contributed by atoms with van der Waals surface area (Å²) < 4.78 is 0.598. The monoisotopic (exact) mass is 351 g/mol. The van der Waals surface area contributed by atoms with Crippen LogP contribution in [0.5, 0.6) is 5.75 Å². The van der Waals surface area contributed by atoms with Crippen molar-refractivity contribution in [3.05, 3.63) is 50.1 Å². The molecule has 1 aromatic heterocycles. The lowest BCUT2D eigenvalue weighted by molar-refractivity contribution is 0.0679. The third kappa shape index (κ3) is 2.25. The number of fused-ring (bicyclic) bond motifs is 1. The quantitative estimate of drug-likeness (QED) is 0.844. The molecule has 0 spiro atoms. The van der Waals surface area contributed by atoms with Crippen molar-refractivity contribution in [1.82, 2.24) is 4.90 Å². The first-order valence-corrected chi connectivity index (χ1v) is 8.11. The molecule has 0 saturated heterocycles. The molecule has 5 heteroatoms. The molecule has 1 amide bonds. The second-order valence-corrected chi connectivity index (χ2v) is 6.74. The molecule has 1 atom stereocenters. The van der Waals surface area contributed by atoms with Gasteiger partial charge in [-0.25, -0.2) is 0 Å². The first-order valence-electron chi connectivity index (χ1n) is 6.43. The van der Waals surface area contributed by atoms with Crippen LogP contribution in [0, 0.1) is 0 Å². The highest BCUT2D eigenvalue weighted by Crippen LogP contribution is 2.34. The van der Waals surface area contributed by atoms with Crippen LogP contribution in [0.2, 0.25) is 0 Å². The summed E-state index contributed by atoms with van der Waals surface area (Å²) in [6.07, 6.45) is 0.908. The molecule has 0 fully saturated rings. The van der Waals surface area contributed by atoms with Crippen LogP contribution in [0.3, 0.4) is 0 Å². The van der Waals surface area contributed by atoms with Crippen molar-refractivity contribution in [1.29, 1.82) is 0 Å². The van der Waals surface area contributed by atoms with Gasteiger partial charge in [-0.05, 0) is 64.5 Å². The zero-order chi connectivity index (χ0) is 14.3. The number of amides is 1. The predicted octanol–water partition coefficient (Wildman–Crippen LogP) is 3.98. The number of phenolic OH excluding ortho intramolecular Hbond substituents is 1. The molecule has 0 saturated carbocycles. The number of carbonyl (C=O) groups excluding carboxylic acids is 1. The molecule has 2 aromatic rings. The van der Waals surface area contributed by atoms with Crippen LogP contribution in [0.4, 0.5) is 0 Å². The third-order valence-corrected chi connectivity index (χ3v) is 5.40. The van der Waals surface area contributed by atoms with Gasteiger partial charge >= 0.3 is 0 Å². The summed E-state index contributed by atoms with van der Waals surface area (Å²) >= 11 is 4.99. The highest BCUT2D eigenvalue weighted by molar-refractivity contribution is 9.10. The fourth-order valence-electron chi connectivity index (χ4n) is 2.60. The Labute approximate surface area is 130 Å². The van der Waals surface area contributed by atoms with Crippen molar-refractivity contribution in [2.45, 2.75) is 19.4 Å². The number of benzene rings is 1. The number of halogens is 1. The van der Waals surface area contributed by atoms with E-state index in [1.54, 1.807) is 23.5 Å². The van der Waals surface area contributed by atoms with Gasteiger partial charge in [0.1, 0.15) is 5.75 Å². The first-order chi connectivity index (χ1) is 9.58. The molecule has 1 aliphatic rings. The molecule has 0 radical (unpaired) electrons. The fourth-order valence-corrected chi connectivity index (χ4v) is 3.81. The van der Waals surface area contributed by atoms with Gasteiger partial charge in [0.05, 0.1) is 10.5 Å². The molecular weight excluding hydrogens is 338 g/mol. The molecule has 1 aromatic carbocycles. The van der Waals surface area contributed by atoms with Crippen molar-refractivity contribution < 1.29 is 9.90 Å². The molecule has 2 heterocycles. The van der Waals surface area contributed by atoms with Gasteiger partial charge in [-0.1, -0.05) is 0 Å². The van der Waals surface area contributed by atoms with Crippen LogP contribution in [0.25, 0.3) is 0 Å². The lowest BCUT2D eigenvalue weighted by Crippen LogP contribution is -2.38. The summed E-state index contributed by atoms with van der Waals surface area (Å²) in [6, 6.07) is 7.14. The average molecular weight is 352 g/mol. The predicted molar refractivity (Wildman–Crippen MR) is 83.3 cm³/mol. The van der Waals surface area contributed by atoms with E-state index in [0.29, 0.717) is 10.0 Å². The maximum Gasteiger partial charge on any atom is 0.254 e. The number of nitrogens with zero attached hydrogens (tertiary/aromatic N) is 1. The van der Waals surface area contributed by atoms with Crippen LogP contribution in [0.15, 0.2) is 34.1 Å². The molecule has 3 rings (SSSR count). The number of hydrogen-bond acceptors (Lipinski definition) is 3. The number of carbonyl (C=O) groups is 1. The summed E-state index contributed by atoms with van der Waals surface area (Å²) in [4.78, 5) is 15.9. The lowest BCUT2D eigenvalue weighted by Gasteiger charge is -2.33. The number of aromatic hydroxyl groups is 1. The molecule has 3 nitrogen and oxygen atoms in total. The number of phenols is 1. The summed E-state index contributed by atoms with van der Waals surface area (Å²) in [5, 5.41) is 11.8. The third-order valence-electron chi connectivity index (χ3n) is 3.73. The van der Waals surface area contributed by atoms with E-state index in [1.807, 2.05) is 4.90 Å². The molecule has 0 bridgehead atoms. The Morgan fingerprint density at radius 3 is 3.00 bits per heavy atom. The first kappa shape index (κ1) is 13.6. The minimum atomic E-state index is -0.0304. The van der Waals surface area contributed by atoms with E-state index >= 15 is 0 Å². The van der Waals surface area contributed by atoms with Crippen molar-refractivity contribution in [2.24, 2.45) is 0 Å². The van der Waals surface area contributed by atoms with E-state index in [1.165, 1.54) is 16.5 Å². The largest absolute Gasteiger partial charge is 0.507 e. The van der Waals surface area contributed by atoms with E-state index in [2.05, 4.69) is 34.3 Å². The van der Waals surface area contributed by atoms with Crippen molar-refractivity contribution in [2.75, 3.05) is 6.54 Å². The standard InChI is InChI=1S/C15H14BrNO2S/c1-9-11-5-7-20-14(11)4-6-17(9)15(19)10-2-3-12(16)13(18)8-10/h2-3,5,7-9,18H,4,6H2,1H3. The van der Waals surface area contributed by atoms with Gasteiger partial charge in [0.2, 0.25) is 0 Å². The topological polar surface area (TPSA) is 40.5 Å². The van der Waals surface area contributed by atoms with Gasteiger partial charge in [0.15, 0.2) is 0 Å². The Morgan fingerprint density at radius 1 is 1.45 bits per heavy atom. The highest BCUT2D eigenvalue weighted by atomic mass is 79.9. The van der Waals surface area contributed by atoms with Gasteiger partial charge in [-0.15, -0.1) is 11.3 Å². The second kappa shape index (κ2) is 5.22. The Morgan fingerprint density at radius 2 is 2.25 bits per heavy atom. The van der Waals surface area contributed by atoms with Gasteiger partial charge in [-0.2, -0.15) is 0 Å². The zero-order valence-electron chi connectivity index (χ0n) is 11.0. The summed E-state index contributed by atoms with van der Waals surface area (Å²) in [5.74, 6) is 0.0638. The zero-order valence-corrected chi connectivity index (χ0v) is 13.4. The average Bonchev–Trinajstić information content (AvgIpc) is 2.91. The van der Waals surface area contributed by atoms with E-state index in [9.17, 15) is 9.90 Å². The highest BCUT2D eigenvalue weighted by Gasteiger charge is 2.29. The summed E-state index contributed by atoms with van der Waals surface area (Å²) in [6.45, 7) is 2.78. The van der Waals surface area contributed by atoms with E-state index < -0.39 is 0 Å². The summed E-state index contributed by atoms with van der Waals surface area (Å²) in [7, 11) is 0. The van der Waals surface area contributed by atoms with Gasteiger partial charge < -0.3 is 10.0 Å². The van der Waals surface area contributed by atoms with Crippen molar-refractivity contribution >= 4 is 33.2 Å². The number of rotatable bonds is 1. The normalized spacial score (nSPS) is 17.9. The van der Waals surface area contributed by atoms with Crippen LogP contribution in [-0.2, 0) is 6.42 Å². The van der Waals surface area contributed by atoms with Crippen LogP contribution in [0.1, 0.15) is 33.8 Å². The summed E-state index contributed by atoms with van der Waals surface area (Å²) in [5.41, 5.74) is 1.77. The maximum absolute atomic E-state index is 12.6. The lowest BCUT2D eigenvalue weighted by atomic mass is 10.0. The van der Waals surface area contributed by atoms with E-state index in [-0.39, 0.29) is 17.7 Å². The molecular formula is C15H14BrNO2S. The number of hydrogen-bond donors (Lipinski definition) is 1. The van der Waals surface area contributed by atoms with Gasteiger partial charge in [0, 0.05) is 17.0 Å². The van der Waals surface area contributed by atoms with E-state index in [4.69, 9.17) is 0 Å². The van der Waals surface area contributed by atoms with E-state index in [0.717, 1.165) is 13.0 Å². The maximum atomic E-state index is 12.6. The smallest absolute Gasteiger partial charge is 0.254 e. The molecule has 104 valence electrons. The molecule has 20 heavy (non-hydrogen) atoms. The second-order valence-electron chi connectivity index (χ2n) is 4.89. The van der Waals surface area contributed by atoms with Crippen LogP contribution in [-0.4, -0.2) is 22.5 Å².